The molecule has 1 aliphatic rings. The van der Waals surface area contributed by atoms with Crippen LogP contribution < -0.4 is 10.1 Å². The zero-order chi connectivity index (χ0) is 11.7. The second-order valence-corrected chi connectivity index (χ2v) is 4.73. The molecule has 0 saturated carbocycles. The van der Waals surface area contributed by atoms with Crippen LogP contribution in [0.25, 0.3) is 0 Å². The SMILES string of the molecule is CCCNC1c2cc(C)c(C)cc2OC1C. The Balaban J connectivity index is 2.29. The summed E-state index contributed by atoms with van der Waals surface area (Å²) in [5, 5.41) is 3.56. The minimum atomic E-state index is 0.239. The number of hydrogen-bond donors (Lipinski definition) is 1. The summed E-state index contributed by atoms with van der Waals surface area (Å²) in [5.74, 6) is 1.06. The van der Waals surface area contributed by atoms with Crippen molar-refractivity contribution in [1.82, 2.24) is 5.32 Å². The highest BCUT2D eigenvalue weighted by molar-refractivity contribution is 5.46. The lowest BCUT2D eigenvalue weighted by atomic mass is 9.99. The van der Waals surface area contributed by atoms with Crippen molar-refractivity contribution >= 4 is 0 Å². The summed E-state index contributed by atoms with van der Waals surface area (Å²) in [5.41, 5.74) is 3.98. The van der Waals surface area contributed by atoms with Gasteiger partial charge in [-0.2, -0.15) is 0 Å². The summed E-state index contributed by atoms with van der Waals surface area (Å²) in [6.07, 6.45) is 1.39. The summed E-state index contributed by atoms with van der Waals surface area (Å²) < 4.78 is 5.89. The fourth-order valence-corrected chi connectivity index (χ4v) is 2.25. The van der Waals surface area contributed by atoms with Gasteiger partial charge in [0.1, 0.15) is 11.9 Å². The van der Waals surface area contributed by atoms with Crippen LogP contribution in [-0.2, 0) is 0 Å². The first-order valence-corrected chi connectivity index (χ1v) is 6.14. The van der Waals surface area contributed by atoms with Gasteiger partial charge in [0, 0.05) is 5.56 Å². The Bertz CT molecular complexity index is 387. The molecule has 0 aromatic heterocycles. The number of fused-ring (bicyclic) bond motifs is 1. The van der Waals surface area contributed by atoms with E-state index in [2.05, 4.69) is 45.1 Å². The maximum absolute atomic E-state index is 5.89. The number of ether oxygens (including phenoxy) is 1. The van der Waals surface area contributed by atoms with Gasteiger partial charge in [-0.15, -0.1) is 0 Å². The molecule has 2 nitrogen and oxygen atoms in total. The van der Waals surface area contributed by atoms with E-state index in [1.807, 2.05) is 0 Å². The molecule has 0 aliphatic carbocycles. The zero-order valence-electron chi connectivity index (χ0n) is 10.6. The largest absolute Gasteiger partial charge is 0.488 e. The van der Waals surface area contributed by atoms with Crippen LogP contribution in [-0.4, -0.2) is 12.6 Å². The van der Waals surface area contributed by atoms with Crippen LogP contribution in [0.3, 0.4) is 0 Å². The summed E-state index contributed by atoms with van der Waals surface area (Å²) >= 11 is 0. The highest BCUT2D eigenvalue weighted by atomic mass is 16.5. The van der Waals surface area contributed by atoms with Crippen molar-refractivity contribution in [3.05, 3.63) is 28.8 Å². The van der Waals surface area contributed by atoms with Gasteiger partial charge in [0.25, 0.3) is 0 Å². The highest BCUT2D eigenvalue weighted by Gasteiger charge is 2.30. The third-order valence-corrected chi connectivity index (χ3v) is 3.36. The van der Waals surface area contributed by atoms with E-state index in [4.69, 9.17) is 4.74 Å². The lowest BCUT2D eigenvalue weighted by Gasteiger charge is -2.16. The molecule has 0 saturated heterocycles. The normalized spacial score (nSPS) is 23.0. The van der Waals surface area contributed by atoms with Gasteiger partial charge in [-0.25, -0.2) is 0 Å². The smallest absolute Gasteiger partial charge is 0.125 e. The van der Waals surface area contributed by atoms with Crippen molar-refractivity contribution in [1.29, 1.82) is 0 Å². The van der Waals surface area contributed by atoms with E-state index < -0.39 is 0 Å². The first-order chi connectivity index (χ1) is 7.63. The second kappa shape index (κ2) is 4.46. The van der Waals surface area contributed by atoms with E-state index in [1.165, 1.54) is 16.7 Å². The number of benzene rings is 1. The number of hydrogen-bond acceptors (Lipinski definition) is 2. The molecule has 2 rings (SSSR count). The van der Waals surface area contributed by atoms with Crippen molar-refractivity contribution in [2.45, 2.75) is 46.3 Å². The quantitative estimate of drug-likeness (QED) is 0.843. The van der Waals surface area contributed by atoms with Crippen LogP contribution in [0.15, 0.2) is 12.1 Å². The Morgan fingerprint density at radius 1 is 1.25 bits per heavy atom. The van der Waals surface area contributed by atoms with E-state index in [-0.39, 0.29) is 6.10 Å². The molecule has 1 aromatic rings. The molecule has 2 unspecified atom stereocenters. The molecular weight excluding hydrogens is 198 g/mol. The van der Waals surface area contributed by atoms with Crippen LogP contribution in [0.1, 0.15) is 43.0 Å². The fourth-order valence-electron chi connectivity index (χ4n) is 2.25. The van der Waals surface area contributed by atoms with E-state index in [9.17, 15) is 0 Å². The number of nitrogens with one attached hydrogen (secondary N) is 1. The van der Waals surface area contributed by atoms with Gasteiger partial charge >= 0.3 is 0 Å². The van der Waals surface area contributed by atoms with Gasteiger partial charge in [0.15, 0.2) is 0 Å². The van der Waals surface area contributed by atoms with E-state index in [1.54, 1.807) is 0 Å². The average molecular weight is 219 g/mol. The molecule has 0 bridgehead atoms. The van der Waals surface area contributed by atoms with Crippen LogP contribution in [0.4, 0.5) is 0 Å². The molecule has 16 heavy (non-hydrogen) atoms. The molecule has 1 aliphatic heterocycles. The Morgan fingerprint density at radius 3 is 2.62 bits per heavy atom. The lowest BCUT2D eigenvalue weighted by molar-refractivity contribution is 0.210. The van der Waals surface area contributed by atoms with Crippen LogP contribution in [0.2, 0.25) is 0 Å². The molecule has 0 radical (unpaired) electrons. The Hall–Kier alpha value is -1.02. The second-order valence-electron chi connectivity index (χ2n) is 4.73. The third kappa shape index (κ3) is 1.94. The molecule has 88 valence electrons. The predicted octanol–water partition coefficient (Wildman–Crippen LogP) is 3.13. The maximum atomic E-state index is 5.89. The molecule has 0 fully saturated rings. The molecule has 1 heterocycles. The predicted molar refractivity (Wildman–Crippen MR) is 67.0 cm³/mol. The summed E-state index contributed by atoms with van der Waals surface area (Å²) in [6, 6.07) is 4.78. The van der Waals surface area contributed by atoms with E-state index in [0.29, 0.717) is 6.04 Å². The molecule has 0 amide bonds. The summed E-state index contributed by atoms with van der Waals surface area (Å²) in [4.78, 5) is 0. The van der Waals surface area contributed by atoms with E-state index in [0.717, 1.165) is 18.7 Å². The maximum Gasteiger partial charge on any atom is 0.125 e. The standard InChI is InChI=1S/C14H21NO/c1-5-6-15-14-11(4)16-13-8-10(3)9(2)7-12(13)14/h7-8,11,14-15H,5-6H2,1-4H3. The number of aryl methyl sites for hydroxylation is 2. The fraction of sp³-hybridized carbons (Fsp3) is 0.571. The lowest BCUT2D eigenvalue weighted by Crippen LogP contribution is -2.29. The topological polar surface area (TPSA) is 21.3 Å². The van der Waals surface area contributed by atoms with Gasteiger partial charge in [-0.05, 0) is 50.9 Å². The zero-order valence-corrected chi connectivity index (χ0v) is 10.6. The minimum absolute atomic E-state index is 0.239. The first kappa shape index (κ1) is 11.5. The molecule has 0 spiro atoms. The Morgan fingerprint density at radius 2 is 1.94 bits per heavy atom. The molecule has 2 atom stereocenters. The molecule has 1 aromatic carbocycles. The van der Waals surface area contributed by atoms with Crippen molar-refractivity contribution in [2.75, 3.05) is 6.54 Å². The monoisotopic (exact) mass is 219 g/mol. The number of rotatable bonds is 3. The summed E-state index contributed by atoms with van der Waals surface area (Å²) in [7, 11) is 0. The van der Waals surface area contributed by atoms with Crippen molar-refractivity contribution < 1.29 is 4.74 Å². The average Bonchev–Trinajstić information content (AvgIpc) is 2.52. The van der Waals surface area contributed by atoms with Gasteiger partial charge in [0.05, 0.1) is 6.04 Å². The van der Waals surface area contributed by atoms with Crippen LogP contribution in [0.5, 0.6) is 5.75 Å². The van der Waals surface area contributed by atoms with Crippen LogP contribution >= 0.6 is 0 Å². The van der Waals surface area contributed by atoms with Gasteiger partial charge in [-0.3, -0.25) is 0 Å². The highest BCUT2D eigenvalue weighted by Crippen LogP contribution is 2.38. The van der Waals surface area contributed by atoms with E-state index >= 15 is 0 Å². The van der Waals surface area contributed by atoms with Gasteiger partial charge in [0.2, 0.25) is 0 Å². The van der Waals surface area contributed by atoms with Gasteiger partial charge in [-0.1, -0.05) is 13.0 Å². The molecule has 2 heteroatoms. The minimum Gasteiger partial charge on any atom is -0.488 e. The van der Waals surface area contributed by atoms with Gasteiger partial charge < -0.3 is 10.1 Å². The van der Waals surface area contributed by atoms with Crippen molar-refractivity contribution in [2.24, 2.45) is 0 Å². The van der Waals surface area contributed by atoms with Crippen molar-refractivity contribution in [3.8, 4) is 5.75 Å². The molecule has 1 N–H and O–H groups in total. The van der Waals surface area contributed by atoms with Crippen LogP contribution in [0, 0.1) is 13.8 Å². The van der Waals surface area contributed by atoms with Crippen molar-refractivity contribution in [3.63, 3.8) is 0 Å². The Labute approximate surface area is 98.0 Å². The first-order valence-electron chi connectivity index (χ1n) is 6.14. The Kier molecular flexibility index (Phi) is 3.20. The third-order valence-electron chi connectivity index (χ3n) is 3.36. The molecular formula is C14H21NO. The summed E-state index contributed by atoms with van der Waals surface area (Å²) in [6.45, 7) is 9.67.